The molecule has 0 radical (unpaired) electrons. The number of nitrogens with zero attached hydrogens (tertiary/aromatic N) is 4. The van der Waals surface area contributed by atoms with E-state index in [-0.39, 0.29) is 23.6 Å². The zero-order valence-corrected chi connectivity index (χ0v) is 21.5. The van der Waals surface area contributed by atoms with Gasteiger partial charge in [0.25, 0.3) is 0 Å². The summed E-state index contributed by atoms with van der Waals surface area (Å²) in [5.41, 5.74) is 1.98. The summed E-state index contributed by atoms with van der Waals surface area (Å²) in [5, 5.41) is 6.00. The van der Waals surface area contributed by atoms with E-state index >= 15 is 4.39 Å². The van der Waals surface area contributed by atoms with Gasteiger partial charge in [0.15, 0.2) is 11.6 Å². The van der Waals surface area contributed by atoms with Crippen LogP contribution in [-0.2, 0) is 9.59 Å². The van der Waals surface area contributed by atoms with Gasteiger partial charge >= 0.3 is 0 Å². The van der Waals surface area contributed by atoms with Gasteiger partial charge in [0.1, 0.15) is 12.4 Å². The van der Waals surface area contributed by atoms with Crippen LogP contribution in [0.3, 0.4) is 0 Å². The summed E-state index contributed by atoms with van der Waals surface area (Å²) < 4.78 is 17.7. The Morgan fingerprint density at radius 3 is 2.62 bits per heavy atom. The van der Waals surface area contributed by atoms with E-state index in [0.29, 0.717) is 18.5 Å². The van der Waals surface area contributed by atoms with Crippen LogP contribution in [0.15, 0.2) is 42.9 Å². The fraction of sp³-hybridized carbons (Fsp3) is 0.500. The molecule has 1 saturated heterocycles. The minimum atomic E-state index is -0.605. The second-order valence-electron chi connectivity index (χ2n) is 10.2. The minimum Gasteiger partial charge on any atom is -0.343 e. The van der Waals surface area contributed by atoms with Crippen molar-refractivity contribution in [1.82, 2.24) is 30.1 Å². The van der Waals surface area contributed by atoms with Gasteiger partial charge in [-0.3, -0.25) is 14.2 Å². The smallest absolute Gasteiger partial charge is 0.245 e. The number of imidazole rings is 1. The van der Waals surface area contributed by atoms with Gasteiger partial charge < -0.3 is 15.5 Å². The van der Waals surface area contributed by atoms with E-state index in [1.165, 1.54) is 0 Å². The molecule has 0 unspecified atom stereocenters. The fourth-order valence-corrected chi connectivity index (χ4v) is 5.79. The molecule has 3 heterocycles. The van der Waals surface area contributed by atoms with Crippen molar-refractivity contribution in [2.24, 2.45) is 5.92 Å². The summed E-state index contributed by atoms with van der Waals surface area (Å²) in [6.45, 7) is 2.32. The van der Waals surface area contributed by atoms with Crippen LogP contribution in [0.2, 0.25) is 0 Å². The Labute approximate surface area is 216 Å². The number of para-hydroxylation sites is 2. The number of hydrogen-bond donors (Lipinski definition) is 2. The predicted octanol–water partition coefficient (Wildman–Crippen LogP) is 3.90. The molecule has 37 heavy (non-hydrogen) atoms. The van der Waals surface area contributed by atoms with Crippen molar-refractivity contribution >= 4 is 22.8 Å². The predicted molar refractivity (Wildman–Crippen MR) is 140 cm³/mol. The minimum absolute atomic E-state index is 0.0886. The first-order valence-corrected chi connectivity index (χ1v) is 13.3. The number of carbonyl (C=O) groups excluding carboxylic acids is 2. The van der Waals surface area contributed by atoms with Crippen molar-refractivity contribution in [2.75, 3.05) is 13.6 Å². The average Bonchev–Trinajstić information content (AvgIpc) is 3.59. The second kappa shape index (κ2) is 11.0. The molecular weight excluding hydrogens is 471 g/mol. The van der Waals surface area contributed by atoms with Crippen molar-refractivity contribution in [2.45, 2.75) is 70.0 Å². The first-order chi connectivity index (χ1) is 18.0. The summed E-state index contributed by atoms with van der Waals surface area (Å²) in [5.74, 6) is -0.489. The van der Waals surface area contributed by atoms with Gasteiger partial charge in [0.2, 0.25) is 11.8 Å². The number of aromatic nitrogens is 3. The molecule has 1 aliphatic heterocycles. The first-order valence-electron chi connectivity index (χ1n) is 13.3. The second-order valence-corrected chi connectivity index (χ2v) is 10.2. The number of likely N-dealkylation sites (tertiary alicyclic amines) is 1. The Balaban J connectivity index is 1.45. The number of halogens is 1. The van der Waals surface area contributed by atoms with Gasteiger partial charge in [0.05, 0.1) is 23.1 Å². The SMILES string of the molecule is CN[C@@H](C)C(=O)N[C@H](C(=O)N1CCC[C@H]1c1ccnc(-n2cnc3ccccc32)c1F)C1CCCCC1. The molecular formula is C28H35FN6O2. The van der Waals surface area contributed by atoms with Crippen LogP contribution >= 0.6 is 0 Å². The van der Waals surface area contributed by atoms with E-state index in [2.05, 4.69) is 20.6 Å². The highest BCUT2D eigenvalue weighted by Crippen LogP contribution is 2.37. The van der Waals surface area contributed by atoms with E-state index in [1.54, 1.807) is 42.0 Å². The van der Waals surface area contributed by atoms with Gasteiger partial charge in [-0.2, -0.15) is 0 Å². The number of fused-ring (bicyclic) bond motifs is 1. The molecule has 1 aromatic carbocycles. The quantitative estimate of drug-likeness (QED) is 0.507. The normalized spacial score (nSPS) is 20.2. The molecule has 1 aliphatic carbocycles. The summed E-state index contributed by atoms with van der Waals surface area (Å²) in [6.07, 6.45) is 9.68. The average molecular weight is 507 g/mol. The molecule has 5 rings (SSSR count). The third-order valence-corrected chi connectivity index (χ3v) is 7.99. The molecule has 0 spiro atoms. The maximum atomic E-state index is 16.0. The maximum absolute atomic E-state index is 16.0. The summed E-state index contributed by atoms with van der Waals surface area (Å²) in [6, 6.07) is 7.78. The van der Waals surface area contributed by atoms with Crippen LogP contribution < -0.4 is 10.6 Å². The van der Waals surface area contributed by atoms with Gasteiger partial charge in [-0.25, -0.2) is 14.4 Å². The van der Waals surface area contributed by atoms with E-state index in [9.17, 15) is 9.59 Å². The molecule has 9 heteroatoms. The van der Waals surface area contributed by atoms with Crippen LogP contribution in [0, 0.1) is 11.7 Å². The van der Waals surface area contributed by atoms with Crippen LogP contribution in [0.1, 0.15) is 63.5 Å². The molecule has 2 aliphatic rings. The van der Waals surface area contributed by atoms with Crippen LogP contribution in [0.4, 0.5) is 4.39 Å². The van der Waals surface area contributed by atoms with Gasteiger partial charge in [0, 0.05) is 18.3 Å². The molecule has 2 N–H and O–H groups in total. The molecule has 1 saturated carbocycles. The number of amides is 2. The fourth-order valence-electron chi connectivity index (χ4n) is 5.79. The lowest BCUT2D eigenvalue weighted by Gasteiger charge is -2.35. The zero-order chi connectivity index (χ0) is 25.9. The van der Waals surface area contributed by atoms with Gasteiger partial charge in [-0.05, 0) is 63.8 Å². The third kappa shape index (κ3) is 4.97. The lowest BCUT2D eigenvalue weighted by atomic mass is 9.83. The molecule has 3 aromatic rings. The van der Waals surface area contributed by atoms with Crippen molar-refractivity contribution < 1.29 is 14.0 Å². The van der Waals surface area contributed by atoms with Crippen molar-refractivity contribution in [1.29, 1.82) is 0 Å². The number of nitrogens with one attached hydrogen (secondary N) is 2. The highest BCUT2D eigenvalue weighted by Gasteiger charge is 2.40. The Bertz CT molecular complexity index is 1270. The monoisotopic (exact) mass is 506 g/mol. The third-order valence-electron chi connectivity index (χ3n) is 7.99. The Kier molecular flexibility index (Phi) is 7.50. The highest BCUT2D eigenvalue weighted by molar-refractivity contribution is 5.90. The number of carbonyl (C=O) groups is 2. The summed E-state index contributed by atoms with van der Waals surface area (Å²) in [4.78, 5) is 37.3. The van der Waals surface area contributed by atoms with E-state index in [0.717, 1.165) is 49.6 Å². The summed E-state index contributed by atoms with van der Waals surface area (Å²) >= 11 is 0. The number of likely N-dealkylation sites (N-methyl/N-ethyl adjacent to an activating group) is 1. The highest BCUT2D eigenvalue weighted by atomic mass is 19.1. The molecule has 8 nitrogen and oxygen atoms in total. The van der Waals surface area contributed by atoms with E-state index in [1.807, 2.05) is 24.3 Å². The number of pyridine rings is 1. The van der Waals surface area contributed by atoms with Crippen molar-refractivity contribution in [3.8, 4) is 5.82 Å². The zero-order valence-electron chi connectivity index (χ0n) is 21.5. The largest absolute Gasteiger partial charge is 0.343 e. The molecule has 196 valence electrons. The lowest BCUT2D eigenvalue weighted by Crippen LogP contribution is -2.55. The Morgan fingerprint density at radius 2 is 1.84 bits per heavy atom. The number of benzene rings is 1. The van der Waals surface area contributed by atoms with Gasteiger partial charge in [-0.15, -0.1) is 0 Å². The first kappa shape index (κ1) is 25.3. The number of rotatable bonds is 7. The van der Waals surface area contributed by atoms with Crippen LogP contribution in [0.25, 0.3) is 16.9 Å². The summed E-state index contributed by atoms with van der Waals surface area (Å²) in [7, 11) is 1.73. The molecule has 0 bridgehead atoms. The maximum Gasteiger partial charge on any atom is 0.245 e. The van der Waals surface area contributed by atoms with Gasteiger partial charge in [-0.1, -0.05) is 31.4 Å². The molecule has 2 fully saturated rings. The Hall–Kier alpha value is -3.33. The lowest BCUT2D eigenvalue weighted by molar-refractivity contribution is -0.139. The standard InChI is InChI=1S/C28H35FN6O2/c1-18(30-2)27(36)33-25(19-9-4-3-5-10-19)28(37)34-16-8-13-22(34)20-14-15-31-26(24(20)29)35-17-32-21-11-6-7-12-23(21)35/h6-7,11-12,14-15,17-19,22,25,30H,3-5,8-10,13,16H2,1-2H3,(H,33,36)/t18-,22-,25-/m0/s1. The molecule has 2 aromatic heterocycles. The van der Waals surface area contributed by atoms with E-state index < -0.39 is 23.9 Å². The van der Waals surface area contributed by atoms with Crippen LogP contribution in [-0.4, -0.2) is 56.9 Å². The Morgan fingerprint density at radius 1 is 1.05 bits per heavy atom. The molecule has 2 amide bonds. The molecule has 3 atom stereocenters. The van der Waals surface area contributed by atoms with Crippen LogP contribution in [0.5, 0.6) is 0 Å². The topological polar surface area (TPSA) is 92.2 Å². The van der Waals surface area contributed by atoms with E-state index in [4.69, 9.17) is 0 Å². The number of hydrogen-bond acceptors (Lipinski definition) is 5. The van der Waals surface area contributed by atoms with Crippen molar-refractivity contribution in [3.63, 3.8) is 0 Å². The van der Waals surface area contributed by atoms with Crippen molar-refractivity contribution in [3.05, 3.63) is 54.2 Å².